The van der Waals surface area contributed by atoms with Gasteiger partial charge in [0.2, 0.25) is 10.0 Å². The molecule has 1 N–H and O–H groups in total. The number of hydrogen-bond donors (Lipinski definition) is 1. The molecule has 1 unspecified atom stereocenters. The Labute approximate surface area is 165 Å². The van der Waals surface area contributed by atoms with Gasteiger partial charge in [-0.05, 0) is 50.6 Å². The number of nitrogens with one attached hydrogen (secondary N) is 1. The van der Waals surface area contributed by atoms with Crippen LogP contribution in [0.25, 0.3) is 10.6 Å². The van der Waals surface area contributed by atoms with E-state index in [4.69, 9.17) is 0 Å². The van der Waals surface area contributed by atoms with Gasteiger partial charge in [0, 0.05) is 18.3 Å². The Bertz CT molecular complexity index is 962. The summed E-state index contributed by atoms with van der Waals surface area (Å²) in [6.45, 7) is 5.87. The first-order valence-corrected chi connectivity index (χ1v) is 11.4. The van der Waals surface area contributed by atoms with Gasteiger partial charge in [0.15, 0.2) is 0 Å². The van der Waals surface area contributed by atoms with Crippen LogP contribution in [0.1, 0.15) is 38.8 Å². The Hall–Kier alpha value is -1.96. The summed E-state index contributed by atoms with van der Waals surface area (Å²) in [5, 5.41) is 6.45. The van der Waals surface area contributed by atoms with E-state index in [1.807, 2.05) is 56.5 Å². The van der Waals surface area contributed by atoms with Crippen LogP contribution in [0.4, 0.5) is 0 Å². The molecule has 27 heavy (non-hydrogen) atoms. The summed E-state index contributed by atoms with van der Waals surface area (Å²) in [5.74, 6) is 0. The van der Waals surface area contributed by atoms with Gasteiger partial charge in [-0.1, -0.05) is 36.4 Å². The number of benzene rings is 1. The zero-order valence-corrected chi connectivity index (χ0v) is 17.4. The van der Waals surface area contributed by atoms with E-state index in [-0.39, 0.29) is 17.0 Å². The maximum atomic E-state index is 13.0. The molecule has 0 saturated carbocycles. The summed E-state index contributed by atoms with van der Waals surface area (Å²) in [6, 6.07) is 13.8. The second kappa shape index (κ2) is 8.37. The Morgan fingerprint density at radius 1 is 1.11 bits per heavy atom. The second-order valence-corrected chi connectivity index (χ2v) is 9.57. The van der Waals surface area contributed by atoms with E-state index in [0.717, 1.165) is 17.7 Å². The Morgan fingerprint density at radius 2 is 1.85 bits per heavy atom. The van der Waals surface area contributed by atoms with Crippen LogP contribution < -0.4 is 4.72 Å². The van der Waals surface area contributed by atoms with Crippen molar-refractivity contribution >= 4 is 21.4 Å². The molecular formula is C20H25N3O2S2. The smallest absolute Gasteiger partial charge is 0.244 e. The largest absolute Gasteiger partial charge is 0.268 e. The normalized spacial score (nSPS) is 13.2. The van der Waals surface area contributed by atoms with Crippen LogP contribution in [-0.2, 0) is 16.4 Å². The number of aromatic nitrogens is 2. The standard InChI is InChI=1S/C20H25N3O2S2/c1-15(2)23-14-19(20(21-23)18-10-7-13-26-18)27(24,25)22-16(3)11-12-17-8-5-4-6-9-17/h4-10,13-16,22H,11-12H2,1-3H3. The van der Waals surface area contributed by atoms with E-state index in [0.29, 0.717) is 5.69 Å². The first-order chi connectivity index (χ1) is 12.9. The molecule has 0 aliphatic rings. The maximum absolute atomic E-state index is 13.0. The summed E-state index contributed by atoms with van der Waals surface area (Å²) in [5.41, 5.74) is 1.72. The molecule has 2 aromatic heterocycles. The molecule has 3 aromatic rings. The first kappa shape index (κ1) is 19.8. The van der Waals surface area contributed by atoms with Gasteiger partial charge in [-0.25, -0.2) is 13.1 Å². The van der Waals surface area contributed by atoms with Crippen molar-refractivity contribution in [3.8, 4) is 10.6 Å². The lowest BCUT2D eigenvalue weighted by atomic mass is 10.1. The Balaban J connectivity index is 1.79. The first-order valence-electron chi connectivity index (χ1n) is 9.06. The molecule has 0 amide bonds. The third-order valence-electron chi connectivity index (χ3n) is 4.34. The topological polar surface area (TPSA) is 64.0 Å². The third-order valence-corrected chi connectivity index (χ3v) is 6.80. The molecular weight excluding hydrogens is 378 g/mol. The monoisotopic (exact) mass is 403 g/mol. The lowest BCUT2D eigenvalue weighted by Gasteiger charge is -2.14. The van der Waals surface area contributed by atoms with Gasteiger partial charge >= 0.3 is 0 Å². The minimum Gasteiger partial charge on any atom is -0.268 e. The Morgan fingerprint density at radius 3 is 2.48 bits per heavy atom. The van der Waals surface area contributed by atoms with Gasteiger partial charge in [-0.15, -0.1) is 11.3 Å². The predicted octanol–water partition coefficient (Wildman–Crippen LogP) is 4.49. The summed E-state index contributed by atoms with van der Waals surface area (Å²) >= 11 is 1.49. The molecule has 0 aliphatic carbocycles. The fourth-order valence-electron chi connectivity index (χ4n) is 2.84. The number of nitrogens with zero attached hydrogens (tertiary/aromatic N) is 2. The highest BCUT2D eigenvalue weighted by atomic mass is 32.2. The van der Waals surface area contributed by atoms with E-state index in [1.54, 1.807) is 10.9 Å². The van der Waals surface area contributed by atoms with Crippen LogP contribution >= 0.6 is 11.3 Å². The fourth-order valence-corrected chi connectivity index (χ4v) is 5.05. The average molecular weight is 404 g/mol. The van der Waals surface area contributed by atoms with E-state index in [2.05, 4.69) is 22.0 Å². The quantitative estimate of drug-likeness (QED) is 0.603. The summed E-state index contributed by atoms with van der Waals surface area (Å²) in [7, 11) is -3.66. The molecule has 5 nitrogen and oxygen atoms in total. The molecule has 1 atom stereocenters. The molecule has 144 valence electrons. The third kappa shape index (κ3) is 4.86. The van der Waals surface area contributed by atoms with Crippen LogP contribution in [0.5, 0.6) is 0 Å². The summed E-state index contributed by atoms with van der Waals surface area (Å²) < 4.78 is 30.6. The van der Waals surface area contributed by atoms with Crippen molar-refractivity contribution in [1.29, 1.82) is 0 Å². The van der Waals surface area contributed by atoms with Crippen molar-refractivity contribution in [3.05, 3.63) is 59.6 Å². The highest BCUT2D eigenvalue weighted by Crippen LogP contribution is 2.30. The van der Waals surface area contributed by atoms with E-state index >= 15 is 0 Å². The van der Waals surface area contributed by atoms with Crippen molar-refractivity contribution in [3.63, 3.8) is 0 Å². The number of aryl methyl sites for hydroxylation is 1. The molecule has 0 fully saturated rings. The molecule has 0 saturated heterocycles. The maximum Gasteiger partial charge on any atom is 0.244 e. The highest BCUT2D eigenvalue weighted by Gasteiger charge is 2.26. The van der Waals surface area contributed by atoms with Crippen molar-refractivity contribution in [2.24, 2.45) is 0 Å². The van der Waals surface area contributed by atoms with Gasteiger partial charge in [0.1, 0.15) is 10.6 Å². The minimum atomic E-state index is -3.66. The SMILES string of the molecule is CC(CCc1ccccc1)NS(=O)(=O)c1cn(C(C)C)nc1-c1cccs1. The predicted molar refractivity (Wildman–Crippen MR) is 110 cm³/mol. The van der Waals surface area contributed by atoms with Crippen LogP contribution in [-0.4, -0.2) is 24.2 Å². The van der Waals surface area contributed by atoms with Gasteiger partial charge in [0.05, 0.1) is 4.88 Å². The van der Waals surface area contributed by atoms with Gasteiger partial charge < -0.3 is 0 Å². The molecule has 0 aliphatic heterocycles. The number of sulfonamides is 1. The molecule has 0 spiro atoms. The summed E-state index contributed by atoms with van der Waals surface area (Å²) in [4.78, 5) is 1.09. The molecule has 0 bridgehead atoms. The van der Waals surface area contributed by atoms with Crippen molar-refractivity contribution < 1.29 is 8.42 Å². The van der Waals surface area contributed by atoms with Crippen molar-refractivity contribution in [2.75, 3.05) is 0 Å². The molecule has 3 rings (SSSR count). The average Bonchev–Trinajstić information content (AvgIpc) is 3.30. The van der Waals surface area contributed by atoms with Gasteiger partial charge in [-0.2, -0.15) is 5.10 Å². The van der Waals surface area contributed by atoms with Crippen molar-refractivity contribution in [1.82, 2.24) is 14.5 Å². The Kier molecular flexibility index (Phi) is 6.14. The lowest BCUT2D eigenvalue weighted by Crippen LogP contribution is -2.33. The van der Waals surface area contributed by atoms with E-state index in [9.17, 15) is 8.42 Å². The van der Waals surface area contributed by atoms with Crippen LogP contribution in [0.3, 0.4) is 0 Å². The summed E-state index contributed by atoms with van der Waals surface area (Å²) in [6.07, 6.45) is 3.19. The second-order valence-electron chi connectivity index (χ2n) is 6.94. The number of thiophene rings is 1. The zero-order valence-electron chi connectivity index (χ0n) is 15.8. The van der Waals surface area contributed by atoms with E-state index in [1.165, 1.54) is 16.9 Å². The lowest BCUT2D eigenvalue weighted by molar-refractivity contribution is 0.530. The van der Waals surface area contributed by atoms with E-state index < -0.39 is 10.0 Å². The minimum absolute atomic E-state index is 0.0863. The zero-order chi connectivity index (χ0) is 19.4. The van der Waals surface area contributed by atoms with Crippen LogP contribution in [0.2, 0.25) is 0 Å². The highest BCUT2D eigenvalue weighted by molar-refractivity contribution is 7.89. The number of rotatable bonds is 8. The van der Waals surface area contributed by atoms with Crippen LogP contribution in [0.15, 0.2) is 58.9 Å². The number of hydrogen-bond acceptors (Lipinski definition) is 4. The molecule has 1 aromatic carbocycles. The van der Waals surface area contributed by atoms with Crippen molar-refractivity contribution in [2.45, 2.75) is 50.6 Å². The molecule has 0 radical (unpaired) electrons. The molecule has 7 heteroatoms. The fraction of sp³-hybridized carbons (Fsp3) is 0.350. The van der Waals surface area contributed by atoms with Gasteiger partial charge in [0.25, 0.3) is 0 Å². The van der Waals surface area contributed by atoms with Crippen LogP contribution in [0, 0.1) is 0 Å². The molecule has 2 heterocycles. The van der Waals surface area contributed by atoms with Gasteiger partial charge in [-0.3, -0.25) is 4.68 Å².